The van der Waals surface area contributed by atoms with Crippen LogP contribution >= 0.6 is 23.2 Å². The first-order valence-corrected chi connectivity index (χ1v) is 9.74. The molecule has 0 spiro atoms. The Kier molecular flexibility index (Phi) is 5.79. The molecule has 2 amide bonds. The first kappa shape index (κ1) is 20.7. The lowest BCUT2D eigenvalue weighted by molar-refractivity contribution is 0.0939. The monoisotopic (exact) mass is 459 g/mol. The van der Waals surface area contributed by atoms with Gasteiger partial charge in [-0.3, -0.25) is 14.3 Å². The van der Waals surface area contributed by atoms with Crippen LogP contribution in [0.3, 0.4) is 0 Å². The lowest BCUT2D eigenvalue weighted by Gasteiger charge is -2.07. The van der Waals surface area contributed by atoms with Crippen molar-refractivity contribution in [2.45, 2.75) is 6.54 Å². The second-order valence-corrected chi connectivity index (χ2v) is 7.29. The summed E-state index contributed by atoms with van der Waals surface area (Å²) in [6, 6.07) is 9.77. The minimum absolute atomic E-state index is 0.00631. The number of benzene rings is 1. The van der Waals surface area contributed by atoms with Crippen molar-refractivity contribution in [3.8, 4) is 11.3 Å². The van der Waals surface area contributed by atoms with E-state index in [0.717, 1.165) is 0 Å². The Hall–Kier alpha value is -3.56. The molecule has 0 saturated carbocycles. The van der Waals surface area contributed by atoms with Crippen LogP contribution in [0.25, 0.3) is 11.3 Å². The zero-order valence-corrected chi connectivity index (χ0v) is 17.6. The van der Waals surface area contributed by atoms with Crippen LogP contribution in [0.5, 0.6) is 0 Å². The van der Waals surface area contributed by atoms with Gasteiger partial charge in [-0.1, -0.05) is 28.4 Å². The molecule has 31 heavy (non-hydrogen) atoms. The van der Waals surface area contributed by atoms with Gasteiger partial charge in [0.15, 0.2) is 11.5 Å². The molecular formula is C20H15Cl2N5O4. The molecular weight excluding hydrogens is 445 g/mol. The summed E-state index contributed by atoms with van der Waals surface area (Å²) in [4.78, 5) is 25.2. The molecule has 0 aliphatic heterocycles. The van der Waals surface area contributed by atoms with Crippen LogP contribution in [-0.4, -0.2) is 26.8 Å². The number of nitrogens with zero attached hydrogens (tertiary/aromatic N) is 3. The molecule has 2 N–H and O–H groups in total. The third kappa shape index (κ3) is 4.47. The van der Waals surface area contributed by atoms with E-state index in [1.54, 1.807) is 37.4 Å². The highest BCUT2D eigenvalue weighted by atomic mass is 35.5. The second kappa shape index (κ2) is 8.66. The summed E-state index contributed by atoms with van der Waals surface area (Å²) in [6.07, 6.45) is 2.89. The van der Waals surface area contributed by atoms with Crippen molar-refractivity contribution >= 4 is 40.7 Å². The number of furan rings is 1. The van der Waals surface area contributed by atoms with E-state index in [-0.39, 0.29) is 23.6 Å². The van der Waals surface area contributed by atoms with E-state index < -0.39 is 11.8 Å². The number of amides is 2. The molecule has 0 unspecified atom stereocenters. The van der Waals surface area contributed by atoms with Crippen LogP contribution < -0.4 is 10.6 Å². The Morgan fingerprint density at radius 2 is 2.00 bits per heavy atom. The van der Waals surface area contributed by atoms with Crippen molar-refractivity contribution < 1.29 is 18.5 Å². The number of nitrogens with one attached hydrogen (secondary N) is 2. The van der Waals surface area contributed by atoms with Gasteiger partial charge in [0, 0.05) is 23.7 Å². The summed E-state index contributed by atoms with van der Waals surface area (Å²) >= 11 is 12.1. The van der Waals surface area contributed by atoms with Gasteiger partial charge in [0.05, 0.1) is 29.7 Å². The quantitative estimate of drug-likeness (QED) is 0.447. The molecule has 1 aromatic carbocycles. The first-order chi connectivity index (χ1) is 14.9. The maximum absolute atomic E-state index is 12.7. The van der Waals surface area contributed by atoms with E-state index in [2.05, 4.69) is 20.9 Å². The molecule has 4 rings (SSSR count). The largest absolute Gasteiger partial charge is 0.467 e. The number of carbonyl (C=O) groups excluding carboxylic acids is 2. The normalized spacial score (nSPS) is 10.8. The van der Waals surface area contributed by atoms with E-state index in [1.165, 1.54) is 23.2 Å². The fourth-order valence-corrected chi connectivity index (χ4v) is 3.35. The van der Waals surface area contributed by atoms with Crippen molar-refractivity contribution in [2.24, 2.45) is 7.05 Å². The molecule has 9 nitrogen and oxygen atoms in total. The highest BCUT2D eigenvalue weighted by Gasteiger charge is 2.21. The van der Waals surface area contributed by atoms with Gasteiger partial charge in [0.2, 0.25) is 0 Å². The molecule has 11 heteroatoms. The third-order valence-corrected chi connectivity index (χ3v) is 4.89. The molecule has 0 atom stereocenters. The average Bonchev–Trinajstić information content (AvgIpc) is 3.48. The van der Waals surface area contributed by atoms with Crippen LogP contribution in [0, 0.1) is 0 Å². The zero-order chi connectivity index (χ0) is 22.0. The number of anilines is 1. The molecule has 0 saturated heterocycles. The summed E-state index contributed by atoms with van der Waals surface area (Å²) in [5.74, 6) is -0.111. The fourth-order valence-electron chi connectivity index (χ4n) is 2.85. The Morgan fingerprint density at radius 3 is 2.74 bits per heavy atom. The average molecular weight is 460 g/mol. The number of hydrogen-bond acceptors (Lipinski definition) is 6. The lowest BCUT2D eigenvalue weighted by Crippen LogP contribution is -2.26. The molecule has 3 heterocycles. The summed E-state index contributed by atoms with van der Waals surface area (Å²) in [5, 5.41) is 14.0. The van der Waals surface area contributed by atoms with Crippen LogP contribution in [0.2, 0.25) is 10.0 Å². The molecule has 4 aromatic rings. The summed E-state index contributed by atoms with van der Waals surface area (Å²) in [6.45, 7) is 0.193. The highest BCUT2D eigenvalue weighted by molar-refractivity contribution is 6.36. The van der Waals surface area contributed by atoms with Gasteiger partial charge in [0.1, 0.15) is 11.5 Å². The third-order valence-electron chi connectivity index (χ3n) is 4.34. The molecule has 0 aliphatic carbocycles. The van der Waals surface area contributed by atoms with E-state index in [1.807, 2.05) is 0 Å². The smallest absolute Gasteiger partial charge is 0.277 e. The van der Waals surface area contributed by atoms with Crippen molar-refractivity contribution in [3.05, 3.63) is 76.1 Å². The van der Waals surface area contributed by atoms with Crippen LogP contribution in [0.4, 0.5) is 5.69 Å². The molecule has 0 aliphatic rings. The Balaban J connectivity index is 1.49. The fraction of sp³-hybridized carbons (Fsp3) is 0.100. The van der Waals surface area contributed by atoms with E-state index >= 15 is 0 Å². The van der Waals surface area contributed by atoms with Crippen LogP contribution in [0.1, 0.15) is 26.7 Å². The van der Waals surface area contributed by atoms with Gasteiger partial charge in [-0.05, 0) is 30.3 Å². The van der Waals surface area contributed by atoms with Gasteiger partial charge < -0.3 is 19.6 Å². The predicted octanol–water partition coefficient (Wildman–Crippen LogP) is 4.16. The van der Waals surface area contributed by atoms with Crippen LogP contribution in [0.15, 0.2) is 57.8 Å². The Labute approximate surface area is 185 Å². The maximum Gasteiger partial charge on any atom is 0.277 e. The number of rotatable bonds is 6. The number of halogens is 2. The van der Waals surface area contributed by atoms with Gasteiger partial charge in [-0.15, -0.1) is 0 Å². The molecule has 0 bridgehead atoms. The standard InChI is InChI=1S/C20H15Cl2N5O4/c1-27-18(20(29)23-9-12-3-2-6-30-12)16(10-24-27)25-19(28)15-8-17(31-26-15)13-5-4-11(21)7-14(13)22/h2-8,10H,9H2,1H3,(H,23,29)(H,25,28). The van der Waals surface area contributed by atoms with E-state index in [9.17, 15) is 9.59 Å². The van der Waals surface area contributed by atoms with Crippen molar-refractivity contribution in [1.82, 2.24) is 20.3 Å². The van der Waals surface area contributed by atoms with Crippen molar-refractivity contribution in [3.63, 3.8) is 0 Å². The van der Waals surface area contributed by atoms with Gasteiger partial charge >= 0.3 is 0 Å². The number of aromatic nitrogens is 3. The molecule has 3 aromatic heterocycles. The minimum Gasteiger partial charge on any atom is -0.467 e. The Morgan fingerprint density at radius 1 is 1.16 bits per heavy atom. The van der Waals surface area contributed by atoms with Gasteiger partial charge in [0.25, 0.3) is 11.8 Å². The number of carbonyl (C=O) groups is 2. The number of hydrogen-bond donors (Lipinski definition) is 2. The molecule has 0 fully saturated rings. The zero-order valence-electron chi connectivity index (χ0n) is 16.1. The predicted molar refractivity (Wildman–Crippen MR) is 113 cm³/mol. The van der Waals surface area contributed by atoms with Crippen LogP contribution in [-0.2, 0) is 13.6 Å². The summed E-state index contributed by atoms with van der Waals surface area (Å²) < 4.78 is 11.8. The molecule has 158 valence electrons. The van der Waals surface area contributed by atoms with Gasteiger partial charge in [-0.25, -0.2) is 0 Å². The van der Waals surface area contributed by atoms with Gasteiger partial charge in [-0.2, -0.15) is 5.10 Å². The second-order valence-electron chi connectivity index (χ2n) is 6.45. The lowest BCUT2D eigenvalue weighted by atomic mass is 10.1. The van der Waals surface area contributed by atoms with Crippen molar-refractivity contribution in [1.29, 1.82) is 0 Å². The highest BCUT2D eigenvalue weighted by Crippen LogP contribution is 2.31. The topological polar surface area (TPSA) is 115 Å². The minimum atomic E-state index is -0.576. The van der Waals surface area contributed by atoms with Crippen molar-refractivity contribution in [2.75, 3.05) is 5.32 Å². The SMILES string of the molecule is Cn1ncc(NC(=O)c2cc(-c3ccc(Cl)cc3Cl)on2)c1C(=O)NCc1ccco1. The van der Waals surface area contributed by atoms with E-state index in [0.29, 0.717) is 27.1 Å². The van der Waals surface area contributed by atoms with E-state index in [4.69, 9.17) is 32.1 Å². The summed E-state index contributed by atoms with van der Waals surface area (Å²) in [7, 11) is 1.59. The number of aryl methyl sites for hydroxylation is 1. The first-order valence-electron chi connectivity index (χ1n) is 8.98. The molecule has 0 radical (unpaired) electrons. The maximum atomic E-state index is 12.7. The Bertz CT molecular complexity index is 1250. The summed E-state index contributed by atoms with van der Waals surface area (Å²) in [5.41, 5.74) is 0.937.